The smallest absolute Gasteiger partial charge is 0.303 e. The lowest BCUT2D eigenvalue weighted by atomic mass is 9.42. The quantitative estimate of drug-likeness (QED) is 0.427. The van der Waals surface area contributed by atoms with Crippen LogP contribution in [-0.4, -0.2) is 44.7 Å². The summed E-state index contributed by atoms with van der Waals surface area (Å²) < 4.78 is 5.60. The van der Waals surface area contributed by atoms with E-state index in [-0.39, 0.29) is 16.8 Å². The highest BCUT2D eigenvalue weighted by Crippen LogP contribution is 2.69. The lowest BCUT2D eigenvalue weighted by molar-refractivity contribution is -0.264. The van der Waals surface area contributed by atoms with Crippen LogP contribution in [0.1, 0.15) is 113 Å². The summed E-state index contributed by atoms with van der Waals surface area (Å²) in [6, 6.07) is 0. The molecular formula is C30H52O5. The highest BCUT2D eigenvalue weighted by molar-refractivity contribution is 5.66. The summed E-state index contributed by atoms with van der Waals surface area (Å²) in [4.78, 5) is 11.5. The minimum Gasteiger partial charge on any atom is -0.460 e. The maximum atomic E-state index is 11.7. The van der Waals surface area contributed by atoms with Crippen molar-refractivity contribution in [2.24, 2.45) is 46.3 Å². The van der Waals surface area contributed by atoms with Gasteiger partial charge in [-0.1, -0.05) is 34.1 Å². The minimum absolute atomic E-state index is 0.208. The molecule has 0 aromatic carbocycles. The van der Waals surface area contributed by atoms with Crippen molar-refractivity contribution in [2.75, 3.05) is 0 Å². The molecular weight excluding hydrogens is 440 g/mol. The van der Waals surface area contributed by atoms with Gasteiger partial charge in [0.2, 0.25) is 0 Å². The molecule has 0 amide bonds. The first-order chi connectivity index (χ1) is 16.2. The van der Waals surface area contributed by atoms with Gasteiger partial charge in [0.05, 0.1) is 17.8 Å². The van der Waals surface area contributed by atoms with Crippen molar-refractivity contribution < 1.29 is 24.9 Å². The minimum atomic E-state index is -1.16. The van der Waals surface area contributed by atoms with E-state index in [1.807, 2.05) is 13.8 Å². The first-order valence-electron chi connectivity index (χ1n) is 14.4. The van der Waals surface area contributed by atoms with Gasteiger partial charge in [0, 0.05) is 18.8 Å². The summed E-state index contributed by atoms with van der Waals surface area (Å²) >= 11 is 0. The van der Waals surface area contributed by atoms with Crippen LogP contribution in [0.2, 0.25) is 0 Å². The van der Waals surface area contributed by atoms with Crippen molar-refractivity contribution in [3.8, 4) is 0 Å². The molecule has 4 rings (SSSR count). The standard InChI is InChI=1S/C30H52O5/c1-18(8-9-19(2)27(4,5)35-20(3)31)23-10-11-24-22-16-26(33)30(34)17-21(32)12-15-29(30,7)25(22)13-14-28(23,24)6/h18-19,21-26,32-34H,8-17H2,1-7H3/t18-,19+,21+,22-,23-,24-,25-,26-,28-,29-,30+/m1/s1. The van der Waals surface area contributed by atoms with Gasteiger partial charge < -0.3 is 20.1 Å². The van der Waals surface area contributed by atoms with Gasteiger partial charge in [0.25, 0.3) is 0 Å². The Kier molecular flexibility index (Phi) is 7.26. The summed E-state index contributed by atoms with van der Waals surface area (Å²) in [5.74, 6) is 2.89. The van der Waals surface area contributed by atoms with Gasteiger partial charge in [-0.25, -0.2) is 0 Å². The van der Waals surface area contributed by atoms with Crippen LogP contribution in [-0.2, 0) is 9.53 Å². The van der Waals surface area contributed by atoms with E-state index < -0.39 is 23.4 Å². The number of hydrogen-bond donors (Lipinski definition) is 3. The molecule has 11 atom stereocenters. The average molecular weight is 493 g/mol. The SMILES string of the molecule is CC(=O)OC(C)(C)[C@@H](C)CC[C@@H](C)[C@H]1CC[C@@H]2[C@H]3C[C@@H](O)[C@@]4(O)C[C@@H](O)CC[C@]4(C)[C@@H]3CC[C@@]21C. The zero-order valence-electron chi connectivity index (χ0n) is 23.3. The second kappa shape index (κ2) is 9.27. The fourth-order valence-electron chi connectivity index (χ4n) is 9.77. The predicted octanol–water partition coefficient (Wildman–Crippen LogP) is 5.49. The van der Waals surface area contributed by atoms with Gasteiger partial charge in [-0.2, -0.15) is 0 Å². The van der Waals surface area contributed by atoms with Crippen molar-refractivity contribution >= 4 is 5.97 Å². The number of aliphatic hydroxyl groups excluding tert-OH is 2. The molecule has 0 saturated heterocycles. The van der Waals surface area contributed by atoms with Crippen LogP contribution in [0.25, 0.3) is 0 Å². The lowest BCUT2D eigenvalue weighted by Gasteiger charge is -2.65. The summed E-state index contributed by atoms with van der Waals surface area (Å²) in [5.41, 5.74) is -1.62. The zero-order chi connectivity index (χ0) is 26.0. The van der Waals surface area contributed by atoms with Crippen LogP contribution in [0, 0.1) is 46.3 Å². The van der Waals surface area contributed by atoms with E-state index >= 15 is 0 Å². The van der Waals surface area contributed by atoms with Crippen LogP contribution in [0.3, 0.4) is 0 Å². The maximum absolute atomic E-state index is 11.7. The van der Waals surface area contributed by atoms with E-state index in [4.69, 9.17) is 4.74 Å². The molecule has 202 valence electrons. The molecule has 0 bridgehead atoms. The van der Waals surface area contributed by atoms with Crippen molar-refractivity contribution in [1.29, 1.82) is 0 Å². The summed E-state index contributed by atoms with van der Waals surface area (Å²) in [7, 11) is 0. The van der Waals surface area contributed by atoms with Gasteiger partial charge in [-0.3, -0.25) is 4.79 Å². The molecule has 0 aromatic heterocycles. The second-order valence-corrected chi connectivity index (χ2v) is 14.2. The zero-order valence-corrected chi connectivity index (χ0v) is 23.3. The van der Waals surface area contributed by atoms with Crippen molar-refractivity contribution in [3.63, 3.8) is 0 Å². The molecule has 0 unspecified atom stereocenters. The third kappa shape index (κ3) is 4.40. The monoisotopic (exact) mass is 492 g/mol. The highest BCUT2D eigenvalue weighted by atomic mass is 16.6. The van der Waals surface area contributed by atoms with E-state index in [0.29, 0.717) is 48.3 Å². The number of fused-ring (bicyclic) bond motifs is 5. The summed E-state index contributed by atoms with van der Waals surface area (Å²) in [6.45, 7) is 14.9. The molecule has 3 N–H and O–H groups in total. The molecule has 4 saturated carbocycles. The van der Waals surface area contributed by atoms with Crippen molar-refractivity contribution in [1.82, 2.24) is 0 Å². The normalized spacial score (nSPS) is 47.3. The van der Waals surface area contributed by atoms with E-state index in [2.05, 4.69) is 27.7 Å². The molecule has 4 aliphatic carbocycles. The Balaban J connectivity index is 1.46. The molecule has 5 nitrogen and oxygen atoms in total. The predicted molar refractivity (Wildman–Crippen MR) is 137 cm³/mol. The van der Waals surface area contributed by atoms with Gasteiger partial charge in [0.1, 0.15) is 5.60 Å². The number of carbonyl (C=O) groups is 1. The summed E-state index contributed by atoms with van der Waals surface area (Å²) in [5, 5.41) is 33.2. The number of esters is 1. The number of aliphatic hydroxyl groups is 3. The van der Waals surface area contributed by atoms with Crippen LogP contribution in [0.4, 0.5) is 0 Å². The topological polar surface area (TPSA) is 87.0 Å². The van der Waals surface area contributed by atoms with Crippen molar-refractivity contribution in [3.05, 3.63) is 0 Å². The summed E-state index contributed by atoms with van der Waals surface area (Å²) in [6.07, 6.45) is 8.29. The Morgan fingerprint density at radius 3 is 2.37 bits per heavy atom. The fraction of sp³-hybridized carbons (Fsp3) is 0.967. The van der Waals surface area contributed by atoms with Crippen LogP contribution >= 0.6 is 0 Å². The Morgan fingerprint density at radius 2 is 1.71 bits per heavy atom. The molecule has 0 aliphatic heterocycles. The maximum Gasteiger partial charge on any atom is 0.303 e. The molecule has 0 heterocycles. The number of ether oxygens (including phenoxy) is 1. The van der Waals surface area contributed by atoms with Gasteiger partial charge in [-0.15, -0.1) is 0 Å². The lowest BCUT2D eigenvalue weighted by Crippen LogP contribution is -2.68. The average Bonchev–Trinajstić information content (AvgIpc) is 3.10. The molecule has 4 fully saturated rings. The van der Waals surface area contributed by atoms with E-state index in [9.17, 15) is 20.1 Å². The molecule has 0 aromatic rings. The molecule has 0 radical (unpaired) electrons. The fourth-order valence-corrected chi connectivity index (χ4v) is 9.77. The largest absolute Gasteiger partial charge is 0.460 e. The highest BCUT2D eigenvalue weighted by Gasteiger charge is 2.67. The first kappa shape index (κ1) is 27.4. The van der Waals surface area contributed by atoms with Crippen molar-refractivity contribution in [2.45, 2.75) is 136 Å². The Morgan fingerprint density at radius 1 is 1.03 bits per heavy atom. The van der Waals surface area contributed by atoms with Gasteiger partial charge in [0.15, 0.2) is 0 Å². The molecule has 0 spiro atoms. The third-order valence-corrected chi connectivity index (χ3v) is 12.2. The van der Waals surface area contributed by atoms with E-state index in [1.165, 1.54) is 26.2 Å². The molecule has 4 aliphatic rings. The second-order valence-electron chi connectivity index (χ2n) is 14.2. The first-order valence-corrected chi connectivity index (χ1v) is 14.4. The Hall–Kier alpha value is -0.650. The van der Waals surface area contributed by atoms with Crippen LogP contribution in [0.5, 0.6) is 0 Å². The Bertz CT molecular complexity index is 796. The Labute approximate surface area is 213 Å². The number of rotatable bonds is 6. The number of carbonyl (C=O) groups excluding carboxylic acids is 1. The van der Waals surface area contributed by atoms with Gasteiger partial charge in [-0.05, 0) is 106 Å². The van der Waals surface area contributed by atoms with Crippen LogP contribution in [0.15, 0.2) is 0 Å². The van der Waals surface area contributed by atoms with E-state index in [0.717, 1.165) is 32.1 Å². The van der Waals surface area contributed by atoms with E-state index in [1.54, 1.807) is 0 Å². The van der Waals surface area contributed by atoms with Crippen LogP contribution < -0.4 is 0 Å². The number of hydrogen-bond acceptors (Lipinski definition) is 5. The molecule has 35 heavy (non-hydrogen) atoms. The van der Waals surface area contributed by atoms with Gasteiger partial charge >= 0.3 is 5.97 Å². The molecule has 5 heteroatoms. The third-order valence-electron chi connectivity index (χ3n) is 12.2.